The third-order valence-electron chi connectivity index (χ3n) is 2.57. The Kier molecular flexibility index (Phi) is 7.91. The van der Waals surface area contributed by atoms with Gasteiger partial charge < -0.3 is 9.84 Å². The van der Waals surface area contributed by atoms with Crippen LogP contribution in [0.1, 0.15) is 26.7 Å². The van der Waals surface area contributed by atoms with Gasteiger partial charge in [-0.25, -0.2) is 8.42 Å². The van der Waals surface area contributed by atoms with Crippen LogP contribution in [0.25, 0.3) is 0 Å². The van der Waals surface area contributed by atoms with E-state index in [-0.39, 0.29) is 18.4 Å². The molecule has 0 unspecified atom stereocenters. The molecule has 0 saturated carbocycles. The van der Waals surface area contributed by atoms with E-state index in [0.29, 0.717) is 13.2 Å². The summed E-state index contributed by atoms with van der Waals surface area (Å²) >= 11 is 0. The average molecular weight is 253 g/mol. The summed E-state index contributed by atoms with van der Waals surface area (Å²) in [4.78, 5) is 0. The minimum absolute atomic E-state index is 0.00769. The van der Waals surface area contributed by atoms with E-state index < -0.39 is 10.0 Å². The molecule has 6 heteroatoms. The van der Waals surface area contributed by atoms with E-state index in [1.54, 1.807) is 7.11 Å². The Morgan fingerprint density at radius 2 is 1.88 bits per heavy atom. The van der Waals surface area contributed by atoms with Crippen molar-refractivity contribution in [1.29, 1.82) is 0 Å². The topological polar surface area (TPSA) is 66.8 Å². The van der Waals surface area contributed by atoms with Gasteiger partial charge in [-0.2, -0.15) is 4.31 Å². The molecule has 16 heavy (non-hydrogen) atoms. The predicted molar refractivity (Wildman–Crippen MR) is 63.8 cm³/mol. The van der Waals surface area contributed by atoms with Gasteiger partial charge in [-0.1, -0.05) is 13.8 Å². The van der Waals surface area contributed by atoms with Gasteiger partial charge in [0.25, 0.3) is 0 Å². The van der Waals surface area contributed by atoms with Crippen molar-refractivity contribution in [2.24, 2.45) is 0 Å². The fourth-order valence-corrected chi connectivity index (χ4v) is 3.23. The number of hydrogen-bond donors (Lipinski definition) is 1. The highest BCUT2D eigenvalue weighted by molar-refractivity contribution is 7.89. The lowest BCUT2D eigenvalue weighted by molar-refractivity contribution is 0.163. The SMILES string of the molecule is CCC(CC)N(CCOC)S(=O)(=O)CCO. The van der Waals surface area contributed by atoms with Gasteiger partial charge in [0, 0.05) is 19.7 Å². The van der Waals surface area contributed by atoms with Gasteiger partial charge >= 0.3 is 0 Å². The van der Waals surface area contributed by atoms with Crippen LogP contribution in [-0.4, -0.2) is 56.5 Å². The van der Waals surface area contributed by atoms with Gasteiger partial charge in [0.2, 0.25) is 10.0 Å². The van der Waals surface area contributed by atoms with E-state index in [0.717, 1.165) is 12.8 Å². The van der Waals surface area contributed by atoms with Crippen molar-refractivity contribution >= 4 is 10.0 Å². The minimum Gasteiger partial charge on any atom is -0.395 e. The fraction of sp³-hybridized carbons (Fsp3) is 1.00. The molecule has 0 saturated heterocycles. The molecule has 5 nitrogen and oxygen atoms in total. The molecule has 0 amide bonds. The molecule has 0 aliphatic rings. The van der Waals surface area contributed by atoms with Crippen LogP contribution in [0, 0.1) is 0 Å². The summed E-state index contributed by atoms with van der Waals surface area (Å²) in [6.45, 7) is 4.31. The number of nitrogens with zero attached hydrogens (tertiary/aromatic N) is 1. The number of rotatable bonds is 9. The molecule has 0 aromatic carbocycles. The van der Waals surface area contributed by atoms with Crippen molar-refractivity contribution in [1.82, 2.24) is 4.31 Å². The number of aliphatic hydroxyl groups excluding tert-OH is 1. The van der Waals surface area contributed by atoms with Crippen molar-refractivity contribution in [3.63, 3.8) is 0 Å². The zero-order chi connectivity index (χ0) is 12.6. The Morgan fingerprint density at radius 1 is 1.31 bits per heavy atom. The Bertz CT molecular complexity index is 262. The smallest absolute Gasteiger partial charge is 0.216 e. The van der Waals surface area contributed by atoms with E-state index in [2.05, 4.69) is 0 Å². The molecular weight excluding hydrogens is 230 g/mol. The minimum atomic E-state index is -3.36. The molecule has 0 bridgehead atoms. The molecule has 1 N–H and O–H groups in total. The highest BCUT2D eigenvalue weighted by Crippen LogP contribution is 2.13. The zero-order valence-corrected chi connectivity index (χ0v) is 11.2. The maximum absolute atomic E-state index is 11.9. The van der Waals surface area contributed by atoms with Crippen LogP contribution < -0.4 is 0 Å². The first-order chi connectivity index (χ1) is 7.53. The van der Waals surface area contributed by atoms with Crippen molar-refractivity contribution in [3.05, 3.63) is 0 Å². The molecule has 0 heterocycles. The van der Waals surface area contributed by atoms with Gasteiger partial charge in [-0.3, -0.25) is 0 Å². The van der Waals surface area contributed by atoms with Gasteiger partial charge in [0.1, 0.15) is 0 Å². The standard InChI is InChI=1S/C10H23NO4S/c1-4-10(5-2)11(6-8-15-3)16(13,14)9-7-12/h10,12H,4-9H2,1-3H3. The summed E-state index contributed by atoms with van der Waals surface area (Å²) in [6, 6.07) is -0.00769. The molecule has 0 rings (SSSR count). The van der Waals surface area contributed by atoms with E-state index in [9.17, 15) is 8.42 Å². The monoisotopic (exact) mass is 253 g/mol. The van der Waals surface area contributed by atoms with Crippen molar-refractivity contribution in [2.45, 2.75) is 32.7 Å². The fourth-order valence-electron chi connectivity index (χ4n) is 1.66. The number of methoxy groups -OCH3 is 1. The molecule has 0 fully saturated rings. The molecule has 0 aliphatic heterocycles. The van der Waals surface area contributed by atoms with Gasteiger partial charge in [0.15, 0.2) is 0 Å². The second-order valence-electron chi connectivity index (χ2n) is 3.61. The highest BCUT2D eigenvalue weighted by Gasteiger charge is 2.26. The summed E-state index contributed by atoms with van der Waals surface area (Å²) < 4.78 is 30.2. The van der Waals surface area contributed by atoms with E-state index in [4.69, 9.17) is 9.84 Å². The largest absolute Gasteiger partial charge is 0.395 e. The van der Waals surface area contributed by atoms with Crippen LogP contribution >= 0.6 is 0 Å². The third kappa shape index (κ3) is 4.78. The van der Waals surface area contributed by atoms with Crippen molar-refractivity contribution in [3.8, 4) is 0 Å². The zero-order valence-electron chi connectivity index (χ0n) is 10.3. The van der Waals surface area contributed by atoms with Gasteiger partial charge in [0.05, 0.1) is 19.0 Å². The van der Waals surface area contributed by atoms with Crippen LogP contribution in [-0.2, 0) is 14.8 Å². The summed E-state index contributed by atoms with van der Waals surface area (Å²) in [5.41, 5.74) is 0. The maximum Gasteiger partial charge on any atom is 0.216 e. The Hall–Kier alpha value is -0.170. The molecular formula is C10H23NO4S. The van der Waals surface area contributed by atoms with Crippen LogP contribution in [0.15, 0.2) is 0 Å². The molecule has 0 aromatic heterocycles. The molecule has 98 valence electrons. The van der Waals surface area contributed by atoms with Crippen LogP contribution in [0.3, 0.4) is 0 Å². The van der Waals surface area contributed by atoms with Crippen LogP contribution in [0.4, 0.5) is 0 Å². The molecule has 0 radical (unpaired) electrons. The quantitative estimate of drug-likeness (QED) is 0.648. The molecule has 0 spiro atoms. The third-order valence-corrected chi connectivity index (χ3v) is 4.47. The van der Waals surface area contributed by atoms with Crippen LogP contribution in [0.5, 0.6) is 0 Å². The Balaban J connectivity index is 4.77. The van der Waals surface area contributed by atoms with E-state index >= 15 is 0 Å². The summed E-state index contributed by atoms with van der Waals surface area (Å²) in [5.74, 6) is -0.215. The lowest BCUT2D eigenvalue weighted by Crippen LogP contribution is -2.43. The summed E-state index contributed by atoms with van der Waals surface area (Å²) in [7, 11) is -1.82. The maximum atomic E-state index is 11.9. The molecule has 0 aromatic rings. The normalized spacial score (nSPS) is 12.6. The average Bonchev–Trinajstić information content (AvgIpc) is 2.23. The van der Waals surface area contributed by atoms with Gasteiger partial charge in [-0.15, -0.1) is 0 Å². The van der Waals surface area contributed by atoms with Crippen LogP contribution in [0.2, 0.25) is 0 Å². The lowest BCUT2D eigenvalue weighted by Gasteiger charge is -2.29. The number of sulfonamides is 1. The predicted octanol–water partition coefficient (Wildman–Crippen LogP) is 0.446. The second kappa shape index (κ2) is 8.00. The van der Waals surface area contributed by atoms with Crippen molar-refractivity contribution in [2.75, 3.05) is 32.6 Å². The lowest BCUT2D eigenvalue weighted by atomic mass is 10.2. The first kappa shape index (κ1) is 15.8. The molecule has 0 atom stereocenters. The highest BCUT2D eigenvalue weighted by atomic mass is 32.2. The first-order valence-corrected chi connectivity index (χ1v) is 7.23. The number of aliphatic hydroxyl groups is 1. The summed E-state index contributed by atoms with van der Waals surface area (Å²) in [6.07, 6.45) is 1.54. The number of hydrogen-bond acceptors (Lipinski definition) is 4. The van der Waals surface area contributed by atoms with E-state index in [1.807, 2.05) is 13.8 Å². The number of ether oxygens (including phenoxy) is 1. The Labute approximate surface area is 98.5 Å². The van der Waals surface area contributed by atoms with E-state index in [1.165, 1.54) is 4.31 Å². The first-order valence-electron chi connectivity index (χ1n) is 5.62. The van der Waals surface area contributed by atoms with Gasteiger partial charge in [-0.05, 0) is 12.8 Å². The summed E-state index contributed by atoms with van der Waals surface area (Å²) in [5, 5.41) is 8.77. The Morgan fingerprint density at radius 3 is 2.25 bits per heavy atom. The second-order valence-corrected chi connectivity index (χ2v) is 5.65. The molecule has 0 aliphatic carbocycles. The van der Waals surface area contributed by atoms with Crippen molar-refractivity contribution < 1.29 is 18.3 Å².